The van der Waals surface area contributed by atoms with E-state index in [0.29, 0.717) is 29.5 Å². The second-order valence-corrected chi connectivity index (χ2v) is 24.3. The molecule has 0 spiro atoms. The number of amides is 8. The van der Waals surface area contributed by atoms with Crippen LogP contribution in [0.4, 0.5) is 0 Å². The van der Waals surface area contributed by atoms with Crippen LogP contribution in [0.15, 0.2) is 120 Å². The Morgan fingerprint density at radius 3 is 1.20 bits per heavy atom. The number of aromatic amines is 3. The zero-order valence-electron chi connectivity index (χ0n) is 51.3. The molecule has 3 aromatic heterocycles. The number of carbonyl (C=O) groups is 10. The molecule has 0 unspecified atom stereocenters. The van der Waals surface area contributed by atoms with Crippen LogP contribution in [-0.2, 0) is 73.6 Å². The summed E-state index contributed by atoms with van der Waals surface area (Å²) in [6.07, 6.45) is 4.51. The summed E-state index contributed by atoms with van der Waals surface area (Å²) in [4.78, 5) is 149. The summed E-state index contributed by atoms with van der Waals surface area (Å²) < 4.78 is 0.802. The van der Waals surface area contributed by atoms with Crippen molar-refractivity contribution < 1.29 is 58.2 Å². The van der Waals surface area contributed by atoms with Gasteiger partial charge in [0, 0.05) is 88.4 Å². The number of carboxylic acids is 2. The Kier molecular flexibility index (Phi) is 24.0. The molecule has 0 saturated heterocycles. The van der Waals surface area contributed by atoms with Crippen LogP contribution >= 0.6 is 15.9 Å². The van der Waals surface area contributed by atoms with Gasteiger partial charge in [0.25, 0.3) is 0 Å². The molecule has 0 fully saturated rings. The summed E-state index contributed by atoms with van der Waals surface area (Å²) in [5, 5.41) is 44.3. The number of aromatic nitrogens is 3. The number of hydrogen-bond donors (Lipinski definition) is 13. The van der Waals surface area contributed by atoms with Crippen LogP contribution < -0.4 is 42.5 Å². The zero-order valence-corrected chi connectivity index (χ0v) is 52.9. The number of aliphatic carboxylic acids is 2. The van der Waals surface area contributed by atoms with Gasteiger partial charge in [-0.05, 0) is 76.8 Å². The van der Waals surface area contributed by atoms with E-state index in [4.69, 9.17) is 0 Å². The van der Waals surface area contributed by atoms with Crippen LogP contribution in [0.5, 0.6) is 0 Å². The number of halogens is 1. The Hall–Kier alpha value is -9.32. The first-order valence-electron chi connectivity index (χ1n) is 30.2. The highest BCUT2D eigenvalue weighted by molar-refractivity contribution is 9.10. The average molecular weight is 1300 g/mol. The van der Waals surface area contributed by atoms with E-state index in [1.165, 1.54) is 6.92 Å². The van der Waals surface area contributed by atoms with Gasteiger partial charge in [0.1, 0.15) is 48.3 Å². The summed E-state index contributed by atoms with van der Waals surface area (Å²) in [6, 6.07) is 17.9. The van der Waals surface area contributed by atoms with E-state index in [2.05, 4.69) is 73.4 Å². The van der Waals surface area contributed by atoms with Crippen LogP contribution in [0.3, 0.4) is 0 Å². The van der Waals surface area contributed by atoms with Crippen LogP contribution in [0.1, 0.15) is 96.4 Å². The first-order valence-corrected chi connectivity index (χ1v) is 31.0. The van der Waals surface area contributed by atoms with Gasteiger partial charge in [0.15, 0.2) is 0 Å². The fraction of sp³-hybridized carbons (Fsp3) is 0.394. The zero-order chi connectivity index (χ0) is 65.3. The number of rotatable bonds is 32. The van der Waals surface area contributed by atoms with Gasteiger partial charge in [-0.15, -0.1) is 0 Å². The Balaban J connectivity index is 1.12. The van der Waals surface area contributed by atoms with Gasteiger partial charge < -0.3 is 67.7 Å². The van der Waals surface area contributed by atoms with E-state index in [1.54, 1.807) is 90.5 Å². The highest BCUT2D eigenvalue weighted by atomic mass is 79.9. The second kappa shape index (κ2) is 31.7. The Labute approximate surface area is 529 Å². The Bertz CT molecular complexity index is 3710. The van der Waals surface area contributed by atoms with Crippen LogP contribution in [0, 0.1) is 17.8 Å². The molecule has 3 heterocycles. The smallest absolute Gasteiger partial charge is 0.326 e. The van der Waals surface area contributed by atoms with Gasteiger partial charge in [0.2, 0.25) is 47.3 Å². The molecule has 0 aliphatic carbocycles. The van der Waals surface area contributed by atoms with Crippen molar-refractivity contribution in [1.82, 2.24) is 57.5 Å². The molecule has 4 aromatic carbocycles. The molecule has 23 nitrogen and oxygen atoms in total. The summed E-state index contributed by atoms with van der Waals surface area (Å²) >= 11 is 3.42. The van der Waals surface area contributed by atoms with Crippen LogP contribution in [0.25, 0.3) is 32.7 Å². The standard InChI is InChI=1S/C66H80BrN11O12/c1-8-36(5)57(64(87)76-55(66(89)90)30-42-34-70-49-21-15-12-18-46(42)49)78-65(88)58(37(6)9-2)77-63(86)54(31-56(80)81)75-59(82)50(26-35(3)4)72-61(84)52(28-40-32-68-47-19-13-10-16-44(40)47)74-62(85)53(29-41-33-69-48-20-14-11-17-45(41)48)73-60(83)51(71-38(7)79)27-39-22-24-43(67)25-23-39/h10-25,32-37,50-55,57-58,68-70H,8-9,26-31H2,1-7H3,(H,71,79)(H,72,84)(H,73,83)(H,74,85)(H,75,82)(H,76,87)(H,77,86)(H,78,88)(H,80,81)(H,89,90)/t36-,37-,50-,51-,52+,53+,54-,55-,57-,58-/m0/s1. The Morgan fingerprint density at radius 1 is 0.433 bits per heavy atom. The van der Waals surface area contributed by atoms with Crippen molar-refractivity contribution in [3.8, 4) is 0 Å². The molecular formula is C66H80BrN11O12. The highest BCUT2D eigenvalue weighted by Gasteiger charge is 2.38. The fourth-order valence-corrected chi connectivity index (χ4v) is 11.1. The molecule has 13 N–H and O–H groups in total. The summed E-state index contributed by atoms with van der Waals surface area (Å²) in [5.74, 6) is -10.7. The van der Waals surface area contributed by atoms with Crippen molar-refractivity contribution in [3.63, 3.8) is 0 Å². The highest BCUT2D eigenvalue weighted by Crippen LogP contribution is 2.24. The SMILES string of the molecule is CC[C@H](C)[C@H](NC(=O)[C@H](CC(=O)O)NC(=O)[C@H](CC(C)C)NC(=O)[C@@H](Cc1c[nH]c2ccccc12)NC(=O)[C@@H](Cc1c[nH]c2ccccc12)NC(=O)[C@H](Cc1ccc(Br)cc1)NC(C)=O)C(=O)N[C@H](C(=O)N[C@@H](Cc1c[nH]c2ccccc12)C(=O)O)[C@@H](C)CC. The monoisotopic (exact) mass is 1300 g/mol. The molecule has 0 aliphatic rings. The van der Waals surface area contributed by atoms with E-state index in [1.807, 2.05) is 66.7 Å². The third kappa shape index (κ3) is 18.4. The quantitative estimate of drug-likeness (QED) is 0.0239. The molecule has 8 amide bonds. The first-order chi connectivity index (χ1) is 42.9. The van der Waals surface area contributed by atoms with Crippen LogP contribution in [-0.4, -0.2) is 133 Å². The molecule has 0 bridgehead atoms. The fourth-order valence-electron chi connectivity index (χ4n) is 10.8. The normalized spacial score (nSPS) is 14.8. The van der Waals surface area contributed by atoms with Gasteiger partial charge in [0.05, 0.1) is 6.42 Å². The predicted molar refractivity (Wildman–Crippen MR) is 343 cm³/mol. The molecular weight excluding hydrogens is 1220 g/mol. The second-order valence-electron chi connectivity index (χ2n) is 23.4. The third-order valence-electron chi connectivity index (χ3n) is 16.2. The van der Waals surface area contributed by atoms with Gasteiger partial charge in [-0.25, -0.2) is 4.79 Å². The molecule has 24 heteroatoms. The first kappa shape index (κ1) is 68.2. The summed E-state index contributed by atoms with van der Waals surface area (Å²) in [6.45, 7) is 11.7. The predicted octanol–water partition coefficient (Wildman–Crippen LogP) is 5.76. The lowest BCUT2D eigenvalue weighted by Gasteiger charge is -2.31. The molecule has 90 heavy (non-hydrogen) atoms. The van der Waals surface area contributed by atoms with Gasteiger partial charge >= 0.3 is 11.9 Å². The number of fused-ring (bicyclic) bond motifs is 3. The number of benzene rings is 4. The minimum atomic E-state index is -1.82. The van der Waals surface area contributed by atoms with Gasteiger partial charge in [-0.3, -0.25) is 43.2 Å². The maximum atomic E-state index is 15.0. The third-order valence-corrected chi connectivity index (χ3v) is 16.7. The number of carbonyl (C=O) groups excluding carboxylic acids is 8. The average Bonchev–Trinajstić information content (AvgIpc) is 2.08. The number of hydrogen-bond acceptors (Lipinski definition) is 10. The minimum absolute atomic E-state index is 0.0453. The van der Waals surface area contributed by atoms with Crippen molar-refractivity contribution in [2.45, 2.75) is 148 Å². The van der Waals surface area contributed by atoms with Gasteiger partial charge in [-0.2, -0.15) is 0 Å². The molecule has 478 valence electrons. The van der Waals surface area contributed by atoms with Crippen molar-refractivity contribution in [3.05, 3.63) is 142 Å². The van der Waals surface area contributed by atoms with Gasteiger partial charge in [-0.1, -0.05) is 137 Å². The summed E-state index contributed by atoms with van der Waals surface area (Å²) in [5.41, 5.74) is 4.89. The van der Waals surface area contributed by atoms with E-state index in [-0.39, 0.29) is 38.0 Å². The van der Waals surface area contributed by atoms with E-state index in [9.17, 15) is 48.6 Å². The molecule has 7 rings (SSSR count). The lowest BCUT2D eigenvalue weighted by molar-refractivity contribution is -0.142. The maximum Gasteiger partial charge on any atom is 0.326 e. The molecule has 10 atom stereocenters. The largest absolute Gasteiger partial charge is 0.481 e. The lowest BCUT2D eigenvalue weighted by Crippen LogP contribution is -2.62. The number of carboxylic acid groups (broad SMARTS) is 2. The maximum absolute atomic E-state index is 15.0. The lowest BCUT2D eigenvalue weighted by atomic mass is 9.94. The molecule has 0 aliphatic heterocycles. The van der Waals surface area contributed by atoms with Crippen molar-refractivity contribution in [2.75, 3.05) is 0 Å². The van der Waals surface area contributed by atoms with Crippen molar-refractivity contribution in [1.29, 1.82) is 0 Å². The van der Waals surface area contributed by atoms with Crippen LogP contribution in [0.2, 0.25) is 0 Å². The summed E-state index contributed by atoms with van der Waals surface area (Å²) in [7, 11) is 0. The van der Waals surface area contributed by atoms with E-state index < -0.39 is 126 Å². The Morgan fingerprint density at radius 2 is 0.789 bits per heavy atom. The van der Waals surface area contributed by atoms with E-state index in [0.717, 1.165) is 42.7 Å². The molecule has 7 aromatic rings. The molecule has 0 saturated carbocycles. The van der Waals surface area contributed by atoms with E-state index >= 15 is 9.59 Å². The number of H-pyrrole nitrogens is 3. The number of para-hydroxylation sites is 3. The van der Waals surface area contributed by atoms with Crippen molar-refractivity contribution >= 4 is 108 Å². The molecule has 0 radical (unpaired) electrons. The van der Waals surface area contributed by atoms with Crippen molar-refractivity contribution in [2.24, 2.45) is 17.8 Å². The minimum Gasteiger partial charge on any atom is -0.481 e. The topological polar surface area (TPSA) is 355 Å². The number of nitrogens with one attached hydrogen (secondary N) is 11.